The highest BCUT2D eigenvalue weighted by Gasteiger charge is 2.37. The second-order valence-electron chi connectivity index (χ2n) is 4.67. The molecule has 8 heteroatoms. The lowest BCUT2D eigenvalue weighted by Crippen LogP contribution is -2.45. The molecule has 0 radical (unpaired) electrons. The van der Waals surface area contributed by atoms with E-state index >= 15 is 0 Å². The summed E-state index contributed by atoms with van der Waals surface area (Å²) in [5, 5.41) is 11.4. The molecule has 2 heterocycles. The third kappa shape index (κ3) is 2.42. The first kappa shape index (κ1) is 14.4. The van der Waals surface area contributed by atoms with Gasteiger partial charge in [0.25, 0.3) is 17.7 Å². The standard InChI is InChI=1S/C15H9N3O5/c19-12(8-3-5-16-6-4-8)17-18-13(20)10-2-1-9(15(22)23)7-11(10)14(18)21/h1-7H,(H,17,19)(H,22,23)/p-1. The van der Waals surface area contributed by atoms with Crippen LogP contribution >= 0.6 is 0 Å². The van der Waals surface area contributed by atoms with Crippen LogP contribution in [0.3, 0.4) is 0 Å². The van der Waals surface area contributed by atoms with E-state index in [0.29, 0.717) is 5.01 Å². The highest BCUT2D eigenvalue weighted by molar-refractivity contribution is 6.22. The highest BCUT2D eigenvalue weighted by Crippen LogP contribution is 2.22. The zero-order valence-corrected chi connectivity index (χ0v) is 11.5. The van der Waals surface area contributed by atoms with Gasteiger partial charge in [-0.1, -0.05) is 6.07 Å². The number of hydrogen-bond donors (Lipinski definition) is 1. The van der Waals surface area contributed by atoms with Gasteiger partial charge in [0.15, 0.2) is 0 Å². The molecular formula is C15H8N3O5-. The molecule has 0 bridgehead atoms. The van der Waals surface area contributed by atoms with Gasteiger partial charge in [-0.25, -0.2) is 0 Å². The second-order valence-corrected chi connectivity index (χ2v) is 4.67. The molecule has 1 aliphatic rings. The zero-order chi connectivity index (χ0) is 16.6. The van der Waals surface area contributed by atoms with Crippen LogP contribution in [0.2, 0.25) is 0 Å². The molecule has 0 fully saturated rings. The summed E-state index contributed by atoms with van der Waals surface area (Å²) >= 11 is 0. The van der Waals surface area contributed by atoms with E-state index in [2.05, 4.69) is 10.4 Å². The number of carbonyl (C=O) groups is 4. The maximum atomic E-state index is 12.2. The van der Waals surface area contributed by atoms with Gasteiger partial charge in [-0.05, 0) is 29.8 Å². The Morgan fingerprint density at radius 3 is 2.26 bits per heavy atom. The number of imide groups is 1. The van der Waals surface area contributed by atoms with Crippen molar-refractivity contribution in [1.29, 1.82) is 0 Å². The minimum Gasteiger partial charge on any atom is -0.545 e. The Morgan fingerprint density at radius 2 is 1.61 bits per heavy atom. The largest absolute Gasteiger partial charge is 0.545 e. The van der Waals surface area contributed by atoms with Crippen LogP contribution in [0.4, 0.5) is 0 Å². The number of hydrogen-bond acceptors (Lipinski definition) is 6. The maximum absolute atomic E-state index is 12.2. The molecule has 3 rings (SSSR count). The van der Waals surface area contributed by atoms with Gasteiger partial charge in [0.2, 0.25) is 0 Å². The van der Waals surface area contributed by atoms with Crippen LogP contribution in [0.25, 0.3) is 0 Å². The fraction of sp³-hybridized carbons (Fsp3) is 0. The number of carboxylic acid groups (broad SMARTS) is 1. The molecule has 0 atom stereocenters. The summed E-state index contributed by atoms with van der Waals surface area (Å²) in [4.78, 5) is 51.0. The van der Waals surface area contributed by atoms with Crippen LogP contribution in [-0.4, -0.2) is 33.7 Å². The fourth-order valence-corrected chi connectivity index (χ4v) is 2.14. The van der Waals surface area contributed by atoms with Gasteiger partial charge in [0, 0.05) is 18.0 Å². The number of fused-ring (bicyclic) bond motifs is 1. The summed E-state index contributed by atoms with van der Waals surface area (Å²) < 4.78 is 0. The van der Waals surface area contributed by atoms with Gasteiger partial charge in [-0.2, -0.15) is 5.01 Å². The third-order valence-electron chi connectivity index (χ3n) is 3.28. The van der Waals surface area contributed by atoms with Crippen LogP contribution in [-0.2, 0) is 0 Å². The molecule has 0 unspecified atom stereocenters. The van der Waals surface area contributed by atoms with E-state index < -0.39 is 23.7 Å². The monoisotopic (exact) mass is 310 g/mol. The van der Waals surface area contributed by atoms with Crippen molar-refractivity contribution in [3.05, 3.63) is 65.0 Å². The number of nitrogens with zero attached hydrogens (tertiary/aromatic N) is 2. The van der Waals surface area contributed by atoms with Crippen LogP contribution < -0.4 is 10.5 Å². The molecule has 1 N–H and O–H groups in total. The summed E-state index contributed by atoms with van der Waals surface area (Å²) in [7, 11) is 0. The highest BCUT2D eigenvalue weighted by atomic mass is 16.4. The summed E-state index contributed by atoms with van der Waals surface area (Å²) in [5.74, 6) is -3.68. The van der Waals surface area contributed by atoms with Crippen molar-refractivity contribution in [2.75, 3.05) is 0 Å². The van der Waals surface area contributed by atoms with Gasteiger partial charge in [-0.15, -0.1) is 0 Å². The van der Waals surface area contributed by atoms with Crippen molar-refractivity contribution in [2.45, 2.75) is 0 Å². The van der Waals surface area contributed by atoms with E-state index in [1.54, 1.807) is 0 Å². The second kappa shape index (κ2) is 5.34. The molecule has 1 aliphatic heterocycles. The lowest BCUT2D eigenvalue weighted by atomic mass is 10.1. The van der Waals surface area contributed by atoms with E-state index in [4.69, 9.17) is 0 Å². The van der Waals surface area contributed by atoms with Gasteiger partial charge in [-0.3, -0.25) is 24.8 Å². The van der Waals surface area contributed by atoms with Crippen LogP contribution in [0, 0.1) is 0 Å². The van der Waals surface area contributed by atoms with Crippen molar-refractivity contribution in [3.8, 4) is 0 Å². The predicted molar refractivity (Wildman–Crippen MR) is 73.0 cm³/mol. The van der Waals surface area contributed by atoms with E-state index in [-0.39, 0.29) is 22.3 Å². The quantitative estimate of drug-likeness (QED) is 0.755. The Kier molecular flexibility index (Phi) is 3.34. The lowest BCUT2D eigenvalue weighted by Gasteiger charge is -2.14. The van der Waals surface area contributed by atoms with Crippen LogP contribution in [0.1, 0.15) is 41.4 Å². The number of rotatable bonds is 3. The molecule has 1 aromatic carbocycles. The molecule has 1 aromatic heterocycles. The first-order chi connectivity index (χ1) is 11.0. The molecule has 114 valence electrons. The number of hydrazine groups is 1. The predicted octanol–water partition coefficient (Wildman–Crippen LogP) is -0.614. The van der Waals surface area contributed by atoms with Crippen molar-refractivity contribution >= 4 is 23.7 Å². The van der Waals surface area contributed by atoms with E-state index in [9.17, 15) is 24.3 Å². The Balaban J connectivity index is 1.88. The van der Waals surface area contributed by atoms with E-state index in [1.807, 2.05) is 0 Å². The molecule has 0 saturated carbocycles. The minimum absolute atomic E-state index is 0.00929. The Labute approximate surface area is 129 Å². The van der Waals surface area contributed by atoms with Crippen LogP contribution in [0.15, 0.2) is 42.7 Å². The van der Waals surface area contributed by atoms with Gasteiger partial charge in [0.05, 0.1) is 17.1 Å². The number of amides is 3. The third-order valence-corrected chi connectivity index (χ3v) is 3.28. The SMILES string of the molecule is O=C([O-])c1ccc2c(c1)C(=O)N(NC(=O)c1ccncc1)C2=O. The molecular weight excluding hydrogens is 302 g/mol. The fourth-order valence-electron chi connectivity index (χ4n) is 2.14. The molecule has 3 amide bonds. The Bertz CT molecular complexity index is 847. The molecule has 0 spiro atoms. The van der Waals surface area contributed by atoms with Crippen molar-refractivity contribution in [1.82, 2.24) is 15.4 Å². The van der Waals surface area contributed by atoms with Crippen molar-refractivity contribution in [2.24, 2.45) is 0 Å². The summed E-state index contributed by atoms with van der Waals surface area (Å²) in [6.07, 6.45) is 2.78. The number of benzene rings is 1. The summed E-state index contributed by atoms with van der Waals surface area (Å²) in [6.45, 7) is 0. The molecule has 2 aromatic rings. The summed E-state index contributed by atoms with van der Waals surface area (Å²) in [6, 6.07) is 6.25. The van der Waals surface area contributed by atoms with Crippen LogP contribution in [0.5, 0.6) is 0 Å². The molecule has 23 heavy (non-hydrogen) atoms. The average molecular weight is 310 g/mol. The van der Waals surface area contributed by atoms with Crippen molar-refractivity contribution < 1.29 is 24.3 Å². The maximum Gasteiger partial charge on any atom is 0.280 e. The summed E-state index contributed by atoms with van der Waals surface area (Å²) in [5.41, 5.74) is 2.08. The first-order valence-corrected chi connectivity index (χ1v) is 6.44. The van der Waals surface area contributed by atoms with Gasteiger partial charge < -0.3 is 9.90 Å². The number of aromatic nitrogens is 1. The molecule has 8 nitrogen and oxygen atoms in total. The van der Waals surface area contributed by atoms with Gasteiger partial charge in [0.1, 0.15) is 0 Å². The Morgan fingerprint density at radius 1 is 0.957 bits per heavy atom. The molecule has 0 saturated heterocycles. The smallest absolute Gasteiger partial charge is 0.280 e. The number of carbonyl (C=O) groups excluding carboxylic acids is 4. The van der Waals surface area contributed by atoms with Gasteiger partial charge >= 0.3 is 0 Å². The first-order valence-electron chi connectivity index (χ1n) is 6.44. The Hall–Kier alpha value is -3.55. The zero-order valence-electron chi connectivity index (χ0n) is 11.5. The van der Waals surface area contributed by atoms with Crippen molar-refractivity contribution in [3.63, 3.8) is 0 Å². The normalized spacial score (nSPS) is 13.0. The average Bonchev–Trinajstić information content (AvgIpc) is 2.80. The minimum atomic E-state index is -1.47. The molecule has 0 aliphatic carbocycles. The number of nitrogens with one attached hydrogen (secondary N) is 1. The topological polar surface area (TPSA) is 120 Å². The lowest BCUT2D eigenvalue weighted by molar-refractivity contribution is -0.255. The number of pyridine rings is 1. The van der Waals surface area contributed by atoms with E-state index in [0.717, 1.165) is 12.1 Å². The number of aromatic carboxylic acids is 1. The van der Waals surface area contributed by atoms with E-state index in [1.165, 1.54) is 30.6 Å². The number of carboxylic acids is 1.